The molecule has 0 amide bonds. The van der Waals surface area contributed by atoms with E-state index in [1.54, 1.807) is 0 Å². The predicted molar refractivity (Wildman–Crippen MR) is 78.6 cm³/mol. The maximum absolute atomic E-state index is 5.20. The van der Waals surface area contributed by atoms with E-state index < -0.39 is 0 Å². The number of rotatable bonds is 5. The van der Waals surface area contributed by atoms with Gasteiger partial charge >= 0.3 is 0 Å². The van der Waals surface area contributed by atoms with E-state index in [0.29, 0.717) is 11.3 Å². The third-order valence-corrected chi connectivity index (χ3v) is 3.31. The number of nitrogens with one attached hydrogen (secondary N) is 2. The number of aryl methyl sites for hydroxylation is 1. The molecule has 0 bridgehead atoms. The van der Waals surface area contributed by atoms with E-state index in [0.717, 1.165) is 23.1 Å². The van der Waals surface area contributed by atoms with Gasteiger partial charge in [0.05, 0.1) is 6.54 Å². The molecule has 0 aliphatic rings. The molecule has 0 spiro atoms. The Morgan fingerprint density at radius 2 is 2.33 bits per heavy atom. The largest absolute Gasteiger partial charge is 0.318 e. The second kappa shape index (κ2) is 6.15. The number of aromatic amines is 1. The number of halogens is 1. The first kappa shape index (κ1) is 13.3. The second-order valence-electron chi connectivity index (χ2n) is 4.00. The summed E-state index contributed by atoms with van der Waals surface area (Å²) >= 11 is 8.66. The molecule has 0 aliphatic carbocycles. The average molecular weight is 327 g/mol. The molecule has 18 heavy (non-hydrogen) atoms. The Morgan fingerprint density at radius 1 is 1.50 bits per heavy atom. The van der Waals surface area contributed by atoms with E-state index in [4.69, 9.17) is 12.2 Å². The molecule has 2 rings (SSSR count). The van der Waals surface area contributed by atoms with Crippen LogP contribution in [0.4, 0.5) is 0 Å². The van der Waals surface area contributed by atoms with E-state index in [2.05, 4.69) is 50.6 Å². The van der Waals surface area contributed by atoms with Crippen LogP contribution in [-0.4, -0.2) is 14.9 Å². The summed E-state index contributed by atoms with van der Waals surface area (Å²) in [5.41, 5.74) is 4.48. The molecule has 1 aromatic carbocycles. The maximum atomic E-state index is 5.20. The molecule has 4 nitrogen and oxygen atoms in total. The van der Waals surface area contributed by atoms with Crippen molar-refractivity contribution in [3.63, 3.8) is 0 Å². The van der Waals surface area contributed by atoms with Crippen LogP contribution in [0.15, 0.2) is 28.7 Å². The molecule has 0 radical (unpaired) electrons. The molecule has 0 fully saturated rings. The summed E-state index contributed by atoms with van der Waals surface area (Å²) < 4.78 is 3.53. The van der Waals surface area contributed by atoms with Gasteiger partial charge in [-0.25, -0.2) is 4.68 Å². The molecule has 2 N–H and O–H groups in total. The van der Waals surface area contributed by atoms with E-state index in [1.807, 2.05) is 16.8 Å². The number of aromatic nitrogens is 3. The summed E-state index contributed by atoms with van der Waals surface area (Å²) in [5, 5.41) is 7.02. The van der Waals surface area contributed by atoms with E-state index in [1.165, 1.54) is 5.56 Å². The smallest absolute Gasteiger partial charge is 0.214 e. The van der Waals surface area contributed by atoms with Gasteiger partial charge in [-0.1, -0.05) is 35.0 Å². The van der Waals surface area contributed by atoms with E-state index in [-0.39, 0.29) is 0 Å². The summed E-state index contributed by atoms with van der Waals surface area (Å²) in [6, 6.07) is 8.18. The van der Waals surface area contributed by atoms with Gasteiger partial charge in [-0.05, 0) is 36.3 Å². The Kier molecular flexibility index (Phi) is 4.54. The lowest BCUT2D eigenvalue weighted by molar-refractivity contribution is 0.731. The summed E-state index contributed by atoms with van der Waals surface area (Å²) in [7, 11) is 0. The Labute approximate surface area is 120 Å². The van der Waals surface area contributed by atoms with Crippen LogP contribution < -0.4 is 5.43 Å². The first-order chi connectivity index (χ1) is 8.70. The predicted octanol–water partition coefficient (Wildman–Crippen LogP) is 3.40. The van der Waals surface area contributed by atoms with Crippen molar-refractivity contribution in [1.82, 2.24) is 14.9 Å². The van der Waals surface area contributed by atoms with Gasteiger partial charge in [0, 0.05) is 10.9 Å². The molecule has 6 heteroatoms. The third kappa shape index (κ3) is 3.20. The highest BCUT2D eigenvalue weighted by Crippen LogP contribution is 2.11. The van der Waals surface area contributed by atoms with Gasteiger partial charge in [0.25, 0.3) is 0 Å². The minimum atomic E-state index is 0.605. The standard InChI is InChI=1S/C12H15BrN4S/c1-2-4-11-15-16-12(18)17(11)14-8-9-5-3-6-10(13)7-9/h3,5-7,14H,2,4,8H2,1H3,(H,16,18). The zero-order valence-electron chi connectivity index (χ0n) is 10.1. The lowest BCUT2D eigenvalue weighted by atomic mass is 10.2. The van der Waals surface area contributed by atoms with Gasteiger partial charge < -0.3 is 5.43 Å². The SMILES string of the molecule is CCCc1n[nH]c(=S)n1NCc1cccc(Br)c1. The zero-order chi connectivity index (χ0) is 13.0. The minimum Gasteiger partial charge on any atom is -0.318 e. The van der Waals surface area contributed by atoms with Gasteiger partial charge in [-0.15, -0.1) is 0 Å². The van der Waals surface area contributed by atoms with Crippen LogP contribution in [0.1, 0.15) is 24.7 Å². The fourth-order valence-corrected chi connectivity index (χ4v) is 2.36. The highest BCUT2D eigenvalue weighted by molar-refractivity contribution is 9.10. The molecule has 1 heterocycles. The fraction of sp³-hybridized carbons (Fsp3) is 0.333. The molecule has 0 aliphatic heterocycles. The molecular formula is C12H15BrN4S. The first-order valence-electron chi connectivity index (χ1n) is 5.85. The van der Waals surface area contributed by atoms with E-state index in [9.17, 15) is 0 Å². The highest BCUT2D eigenvalue weighted by atomic mass is 79.9. The monoisotopic (exact) mass is 326 g/mol. The van der Waals surface area contributed by atoms with Gasteiger partial charge in [-0.2, -0.15) is 5.10 Å². The quantitative estimate of drug-likeness (QED) is 0.828. The molecule has 0 saturated heterocycles. The Hall–Kier alpha value is -1.14. The van der Waals surface area contributed by atoms with Crippen molar-refractivity contribution in [2.75, 3.05) is 5.43 Å². The van der Waals surface area contributed by atoms with Crippen LogP contribution in [0.25, 0.3) is 0 Å². The molecule has 96 valence electrons. The molecule has 0 saturated carbocycles. The van der Waals surface area contributed by atoms with Crippen molar-refractivity contribution >= 4 is 28.1 Å². The average Bonchev–Trinajstić information content (AvgIpc) is 2.69. The Balaban J connectivity index is 2.10. The minimum absolute atomic E-state index is 0.605. The number of hydrogen-bond acceptors (Lipinski definition) is 3. The zero-order valence-corrected chi connectivity index (χ0v) is 12.5. The summed E-state index contributed by atoms with van der Waals surface area (Å²) in [5.74, 6) is 0.942. The summed E-state index contributed by atoms with van der Waals surface area (Å²) in [6.45, 7) is 2.83. The van der Waals surface area contributed by atoms with Gasteiger partial charge in [0.1, 0.15) is 0 Å². The van der Waals surface area contributed by atoms with Crippen LogP contribution in [0.2, 0.25) is 0 Å². The van der Waals surface area contributed by atoms with Crippen molar-refractivity contribution in [2.24, 2.45) is 0 Å². The number of benzene rings is 1. The van der Waals surface area contributed by atoms with Crippen LogP contribution in [0.3, 0.4) is 0 Å². The molecule has 0 atom stereocenters. The first-order valence-corrected chi connectivity index (χ1v) is 7.05. The molecular weight excluding hydrogens is 312 g/mol. The van der Waals surface area contributed by atoms with E-state index >= 15 is 0 Å². The maximum Gasteiger partial charge on any atom is 0.214 e. The van der Waals surface area contributed by atoms with Crippen molar-refractivity contribution in [1.29, 1.82) is 0 Å². The number of H-pyrrole nitrogens is 1. The van der Waals surface area contributed by atoms with Crippen molar-refractivity contribution in [3.05, 3.63) is 44.9 Å². The Morgan fingerprint density at radius 3 is 3.06 bits per heavy atom. The van der Waals surface area contributed by atoms with Crippen molar-refractivity contribution in [3.8, 4) is 0 Å². The topological polar surface area (TPSA) is 45.6 Å². The summed E-state index contributed by atoms with van der Waals surface area (Å²) in [6.07, 6.45) is 1.94. The highest BCUT2D eigenvalue weighted by Gasteiger charge is 2.04. The number of hydrogen-bond donors (Lipinski definition) is 2. The molecule has 0 unspecified atom stereocenters. The molecule has 1 aromatic heterocycles. The van der Waals surface area contributed by atoms with Gasteiger partial charge in [0.15, 0.2) is 5.82 Å². The van der Waals surface area contributed by atoms with Gasteiger partial charge in [0.2, 0.25) is 4.77 Å². The van der Waals surface area contributed by atoms with Gasteiger partial charge in [-0.3, -0.25) is 5.10 Å². The molecule has 2 aromatic rings. The lowest BCUT2D eigenvalue weighted by Crippen LogP contribution is -2.17. The Bertz CT molecular complexity index is 575. The third-order valence-electron chi connectivity index (χ3n) is 2.55. The van der Waals surface area contributed by atoms with Crippen molar-refractivity contribution in [2.45, 2.75) is 26.3 Å². The second-order valence-corrected chi connectivity index (χ2v) is 5.30. The van der Waals surface area contributed by atoms with Crippen LogP contribution >= 0.6 is 28.1 Å². The van der Waals surface area contributed by atoms with Crippen LogP contribution in [0, 0.1) is 4.77 Å². The fourth-order valence-electron chi connectivity index (χ4n) is 1.70. The van der Waals surface area contributed by atoms with Crippen molar-refractivity contribution < 1.29 is 0 Å². The summed E-state index contributed by atoms with van der Waals surface area (Å²) in [4.78, 5) is 0. The normalized spacial score (nSPS) is 10.6. The van der Waals surface area contributed by atoms with Crippen LogP contribution in [-0.2, 0) is 13.0 Å². The van der Waals surface area contributed by atoms with Crippen LogP contribution in [0.5, 0.6) is 0 Å². The lowest BCUT2D eigenvalue weighted by Gasteiger charge is -2.09. The number of nitrogens with zero attached hydrogens (tertiary/aromatic N) is 2.